The summed E-state index contributed by atoms with van der Waals surface area (Å²) in [5, 5.41) is 7.29. The fourth-order valence-electron chi connectivity index (χ4n) is 4.51. The Morgan fingerprint density at radius 2 is 1.86 bits per heavy atom. The fraction of sp³-hybridized carbons (Fsp3) is 0.207. The molecule has 0 bridgehead atoms. The van der Waals surface area contributed by atoms with Gasteiger partial charge in [0, 0.05) is 11.3 Å². The van der Waals surface area contributed by atoms with E-state index in [0.717, 1.165) is 17.5 Å². The van der Waals surface area contributed by atoms with Crippen molar-refractivity contribution < 1.29 is 18.4 Å². The van der Waals surface area contributed by atoms with Gasteiger partial charge in [0.25, 0.3) is 5.89 Å². The molecule has 1 aliphatic heterocycles. The number of methoxy groups -OCH3 is 1. The molecule has 0 radical (unpaired) electrons. The quantitative estimate of drug-likeness (QED) is 0.330. The molecule has 1 N–H and O–H groups in total. The molecule has 1 aromatic heterocycles. The Kier molecular flexibility index (Phi) is 6.48. The van der Waals surface area contributed by atoms with Crippen LogP contribution in [0.2, 0.25) is 0 Å². The van der Waals surface area contributed by atoms with E-state index in [1.807, 2.05) is 55.5 Å². The second kappa shape index (κ2) is 9.89. The van der Waals surface area contributed by atoms with Crippen molar-refractivity contribution in [3.05, 3.63) is 101 Å². The van der Waals surface area contributed by atoms with Gasteiger partial charge < -0.3 is 14.6 Å². The maximum atomic E-state index is 14.0. The van der Waals surface area contributed by atoms with Gasteiger partial charge in [-0.2, -0.15) is 4.98 Å². The van der Waals surface area contributed by atoms with Crippen LogP contribution in [0.3, 0.4) is 0 Å². The van der Waals surface area contributed by atoms with E-state index in [1.165, 1.54) is 16.5 Å². The maximum absolute atomic E-state index is 14.0. The lowest BCUT2D eigenvalue weighted by Crippen LogP contribution is -2.46. The molecule has 8 heteroatoms. The summed E-state index contributed by atoms with van der Waals surface area (Å²) in [6.07, 6.45) is 0.935. The number of carbonyl (C=O) groups is 1. The first-order chi connectivity index (χ1) is 17.9. The van der Waals surface area contributed by atoms with E-state index in [9.17, 15) is 9.18 Å². The first-order valence-corrected chi connectivity index (χ1v) is 12.0. The van der Waals surface area contributed by atoms with Crippen LogP contribution >= 0.6 is 0 Å². The molecule has 3 aromatic carbocycles. The van der Waals surface area contributed by atoms with E-state index < -0.39 is 6.04 Å². The number of aromatic nitrogens is 2. The second-order valence-corrected chi connectivity index (χ2v) is 8.90. The predicted molar refractivity (Wildman–Crippen MR) is 140 cm³/mol. The van der Waals surface area contributed by atoms with Crippen molar-refractivity contribution in [1.29, 1.82) is 0 Å². The zero-order valence-corrected chi connectivity index (χ0v) is 21.1. The predicted octanol–water partition coefficient (Wildman–Crippen LogP) is 6.46. The number of allylic oxidation sites excluding steroid dienone is 1. The molecule has 1 unspecified atom stereocenters. The van der Waals surface area contributed by atoms with Crippen LogP contribution in [0.25, 0.3) is 17.0 Å². The molecule has 5 rings (SSSR count). The summed E-state index contributed by atoms with van der Waals surface area (Å²) in [6.45, 7) is 5.58. The molecule has 0 saturated carbocycles. The number of hydrogen-bond acceptors (Lipinski definition) is 5. The number of urea groups is 1. The molecule has 0 fully saturated rings. The lowest BCUT2D eigenvalue weighted by atomic mass is 9.94. The van der Waals surface area contributed by atoms with Crippen LogP contribution in [0.15, 0.2) is 77.0 Å². The minimum atomic E-state index is -0.573. The first kappa shape index (κ1) is 24.2. The Morgan fingerprint density at radius 1 is 1.08 bits per heavy atom. The first-order valence-electron chi connectivity index (χ1n) is 12.0. The average molecular weight is 499 g/mol. The monoisotopic (exact) mass is 498 g/mol. The number of nitrogens with one attached hydrogen (secondary N) is 1. The molecule has 2 amide bonds. The molecular weight excluding hydrogens is 471 g/mol. The highest BCUT2D eigenvalue weighted by Crippen LogP contribution is 2.40. The molecule has 7 nitrogen and oxygen atoms in total. The molecule has 2 heterocycles. The average Bonchev–Trinajstić information content (AvgIpc) is 3.40. The Bertz CT molecular complexity index is 1490. The minimum absolute atomic E-state index is 0.281. The lowest BCUT2D eigenvalue weighted by Gasteiger charge is -2.35. The van der Waals surface area contributed by atoms with Gasteiger partial charge >= 0.3 is 6.03 Å². The highest BCUT2D eigenvalue weighted by atomic mass is 19.1. The Labute approximate surface area is 214 Å². The van der Waals surface area contributed by atoms with Crippen molar-refractivity contribution in [2.24, 2.45) is 0 Å². The zero-order valence-electron chi connectivity index (χ0n) is 21.1. The number of aryl methyl sites for hydroxylation is 2. The van der Waals surface area contributed by atoms with Gasteiger partial charge in [-0.15, -0.1) is 0 Å². The molecule has 0 saturated heterocycles. The van der Waals surface area contributed by atoms with E-state index in [2.05, 4.69) is 17.4 Å². The number of nitrogens with zero attached hydrogens (tertiary/aromatic N) is 3. The van der Waals surface area contributed by atoms with Crippen LogP contribution in [0.5, 0.6) is 5.75 Å². The molecule has 0 spiro atoms. The van der Waals surface area contributed by atoms with Crippen LogP contribution in [0.4, 0.5) is 14.9 Å². The summed E-state index contributed by atoms with van der Waals surface area (Å²) in [7, 11) is 1.59. The van der Waals surface area contributed by atoms with E-state index in [4.69, 9.17) is 14.2 Å². The van der Waals surface area contributed by atoms with Crippen molar-refractivity contribution in [2.75, 3.05) is 12.0 Å². The Balaban J connectivity index is 1.64. The third-order valence-corrected chi connectivity index (χ3v) is 6.59. The number of rotatable bonds is 6. The molecule has 1 atom stereocenters. The molecule has 37 heavy (non-hydrogen) atoms. The zero-order chi connectivity index (χ0) is 26.1. The molecule has 1 aliphatic rings. The van der Waals surface area contributed by atoms with Crippen LogP contribution in [-0.2, 0) is 6.42 Å². The smallest absolute Gasteiger partial charge is 0.326 e. The van der Waals surface area contributed by atoms with Crippen molar-refractivity contribution >= 4 is 17.3 Å². The Hall–Kier alpha value is -4.46. The Morgan fingerprint density at radius 3 is 2.57 bits per heavy atom. The van der Waals surface area contributed by atoms with Gasteiger partial charge in [0.05, 0.1) is 24.4 Å². The van der Waals surface area contributed by atoms with Gasteiger partial charge in [-0.05, 0) is 67.3 Å². The van der Waals surface area contributed by atoms with E-state index in [-0.39, 0.29) is 17.7 Å². The van der Waals surface area contributed by atoms with E-state index in [0.29, 0.717) is 34.1 Å². The van der Waals surface area contributed by atoms with Crippen LogP contribution in [-0.4, -0.2) is 23.3 Å². The van der Waals surface area contributed by atoms with Crippen molar-refractivity contribution in [3.63, 3.8) is 0 Å². The summed E-state index contributed by atoms with van der Waals surface area (Å²) >= 11 is 0. The summed E-state index contributed by atoms with van der Waals surface area (Å²) in [5.41, 5.74) is 5.04. The van der Waals surface area contributed by atoms with Gasteiger partial charge in [0.15, 0.2) is 0 Å². The van der Waals surface area contributed by atoms with Gasteiger partial charge in [-0.3, -0.25) is 4.90 Å². The summed E-state index contributed by atoms with van der Waals surface area (Å²) in [6, 6.07) is 19.1. The minimum Gasteiger partial charge on any atom is -0.497 e. The standard InChI is InChI=1S/C29H27FN4O3/c1-5-19-9-11-20(12-10-19)27-32-28(37-33-27)25-18(3)34(22-13-14-24(30)17(2)15-22)29(35)31-26(25)21-7-6-8-23(16-21)36-4/h6-16,26H,5H2,1-4H3,(H,31,35). The number of halogens is 1. The number of amides is 2. The summed E-state index contributed by atoms with van der Waals surface area (Å²) in [5.74, 6) is 1.04. The highest BCUT2D eigenvalue weighted by Gasteiger charge is 2.36. The van der Waals surface area contributed by atoms with Crippen LogP contribution < -0.4 is 15.0 Å². The number of anilines is 1. The summed E-state index contributed by atoms with van der Waals surface area (Å²) in [4.78, 5) is 19.6. The topological polar surface area (TPSA) is 80.5 Å². The number of ether oxygens (including phenoxy) is 1. The lowest BCUT2D eigenvalue weighted by molar-refractivity contribution is 0.244. The van der Waals surface area contributed by atoms with Gasteiger partial charge in [0.2, 0.25) is 5.82 Å². The van der Waals surface area contributed by atoms with Crippen LogP contribution in [0, 0.1) is 12.7 Å². The molecular formula is C29H27FN4O3. The number of hydrogen-bond donors (Lipinski definition) is 1. The molecule has 0 aliphatic carbocycles. The van der Waals surface area contributed by atoms with Gasteiger partial charge in [0.1, 0.15) is 11.6 Å². The number of carbonyl (C=O) groups excluding carboxylic acids is 1. The SMILES string of the molecule is CCc1ccc(-c2noc(C3=C(C)N(c4ccc(F)c(C)c4)C(=O)NC3c3cccc(OC)c3)n2)cc1. The molecule has 188 valence electrons. The van der Waals surface area contributed by atoms with Crippen LogP contribution in [0.1, 0.15) is 42.5 Å². The fourth-order valence-corrected chi connectivity index (χ4v) is 4.51. The van der Waals surface area contributed by atoms with Gasteiger partial charge in [-0.25, -0.2) is 9.18 Å². The van der Waals surface area contributed by atoms with Gasteiger partial charge in [-0.1, -0.05) is 48.5 Å². The van der Waals surface area contributed by atoms with Crippen molar-refractivity contribution in [3.8, 4) is 17.1 Å². The normalized spacial score (nSPS) is 15.6. The third-order valence-electron chi connectivity index (χ3n) is 6.59. The van der Waals surface area contributed by atoms with E-state index >= 15 is 0 Å². The molecule has 4 aromatic rings. The summed E-state index contributed by atoms with van der Waals surface area (Å²) < 4.78 is 25.2. The third kappa shape index (κ3) is 4.58. The largest absolute Gasteiger partial charge is 0.497 e. The van der Waals surface area contributed by atoms with E-state index in [1.54, 1.807) is 26.2 Å². The van der Waals surface area contributed by atoms with Crippen molar-refractivity contribution in [1.82, 2.24) is 15.5 Å². The van der Waals surface area contributed by atoms with Crippen molar-refractivity contribution in [2.45, 2.75) is 33.2 Å². The second-order valence-electron chi connectivity index (χ2n) is 8.90. The maximum Gasteiger partial charge on any atom is 0.326 e. The number of benzene rings is 3. The highest BCUT2D eigenvalue weighted by molar-refractivity contribution is 6.01.